The quantitative estimate of drug-likeness (QED) is 0.656. The standard InChI is InChI=1S/C16H15F/c1-12-7-8-13(2)15(11-12)10-9-14-5-3-4-6-16(14)17/h3-11H,1-2H3/b10-9+. The third-order valence-electron chi connectivity index (χ3n) is 2.78. The maximum absolute atomic E-state index is 13.4. The molecule has 0 aromatic heterocycles. The molecule has 0 radical (unpaired) electrons. The molecular weight excluding hydrogens is 211 g/mol. The summed E-state index contributed by atoms with van der Waals surface area (Å²) in [6, 6.07) is 13.1. The van der Waals surface area contributed by atoms with Gasteiger partial charge in [0, 0.05) is 5.56 Å². The van der Waals surface area contributed by atoms with Crippen LogP contribution in [0.5, 0.6) is 0 Å². The van der Waals surface area contributed by atoms with Crippen LogP contribution in [0.3, 0.4) is 0 Å². The average molecular weight is 226 g/mol. The summed E-state index contributed by atoms with van der Waals surface area (Å²) in [7, 11) is 0. The molecule has 0 unspecified atom stereocenters. The van der Waals surface area contributed by atoms with Gasteiger partial charge in [-0.1, -0.05) is 54.1 Å². The minimum Gasteiger partial charge on any atom is -0.206 e. The van der Waals surface area contributed by atoms with Gasteiger partial charge in [-0.15, -0.1) is 0 Å². The molecule has 0 saturated heterocycles. The molecule has 0 amide bonds. The number of rotatable bonds is 2. The van der Waals surface area contributed by atoms with Gasteiger partial charge in [-0.3, -0.25) is 0 Å². The molecule has 2 aromatic carbocycles. The summed E-state index contributed by atoms with van der Waals surface area (Å²) in [5.41, 5.74) is 4.16. The van der Waals surface area contributed by atoms with E-state index in [1.54, 1.807) is 12.1 Å². The lowest BCUT2D eigenvalue weighted by molar-refractivity contribution is 0.625. The van der Waals surface area contributed by atoms with E-state index in [0.29, 0.717) is 5.56 Å². The number of hydrogen-bond donors (Lipinski definition) is 0. The van der Waals surface area contributed by atoms with Crippen molar-refractivity contribution >= 4 is 12.2 Å². The van der Waals surface area contributed by atoms with Crippen molar-refractivity contribution < 1.29 is 4.39 Å². The minimum absolute atomic E-state index is 0.186. The molecule has 17 heavy (non-hydrogen) atoms. The van der Waals surface area contributed by atoms with E-state index in [1.807, 2.05) is 18.2 Å². The van der Waals surface area contributed by atoms with E-state index in [1.165, 1.54) is 17.2 Å². The number of halogens is 1. The zero-order chi connectivity index (χ0) is 12.3. The Hall–Kier alpha value is -1.89. The minimum atomic E-state index is -0.186. The van der Waals surface area contributed by atoms with Gasteiger partial charge in [0.05, 0.1) is 0 Å². The first-order valence-electron chi connectivity index (χ1n) is 5.67. The van der Waals surface area contributed by atoms with Crippen LogP contribution in [-0.2, 0) is 0 Å². The molecule has 0 heterocycles. The second-order valence-electron chi connectivity index (χ2n) is 4.21. The fraction of sp³-hybridized carbons (Fsp3) is 0.125. The van der Waals surface area contributed by atoms with Crippen LogP contribution < -0.4 is 0 Å². The van der Waals surface area contributed by atoms with Crippen molar-refractivity contribution in [1.82, 2.24) is 0 Å². The van der Waals surface area contributed by atoms with Crippen LogP contribution in [0.15, 0.2) is 42.5 Å². The largest absolute Gasteiger partial charge is 0.206 e. The number of aryl methyl sites for hydroxylation is 2. The first kappa shape index (κ1) is 11.6. The van der Waals surface area contributed by atoms with Gasteiger partial charge in [0.2, 0.25) is 0 Å². The fourth-order valence-corrected chi connectivity index (χ4v) is 1.73. The molecule has 0 N–H and O–H groups in total. The van der Waals surface area contributed by atoms with Gasteiger partial charge in [-0.25, -0.2) is 4.39 Å². The normalized spacial score (nSPS) is 11.0. The molecule has 0 nitrogen and oxygen atoms in total. The van der Waals surface area contributed by atoms with Crippen LogP contribution in [0.1, 0.15) is 22.3 Å². The van der Waals surface area contributed by atoms with E-state index in [9.17, 15) is 4.39 Å². The zero-order valence-corrected chi connectivity index (χ0v) is 10.1. The topological polar surface area (TPSA) is 0 Å². The number of benzene rings is 2. The highest BCUT2D eigenvalue weighted by molar-refractivity contribution is 5.71. The second-order valence-corrected chi connectivity index (χ2v) is 4.21. The lowest BCUT2D eigenvalue weighted by atomic mass is 10.0. The smallest absolute Gasteiger partial charge is 0.130 e. The Morgan fingerprint density at radius 1 is 0.882 bits per heavy atom. The van der Waals surface area contributed by atoms with Gasteiger partial charge in [0.15, 0.2) is 0 Å². The Morgan fingerprint density at radius 3 is 2.35 bits per heavy atom. The highest BCUT2D eigenvalue weighted by Gasteiger charge is 1.97. The van der Waals surface area contributed by atoms with Crippen LogP contribution in [0, 0.1) is 19.7 Å². The third-order valence-corrected chi connectivity index (χ3v) is 2.78. The van der Waals surface area contributed by atoms with Gasteiger partial charge in [0.25, 0.3) is 0 Å². The molecule has 0 atom stereocenters. The molecule has 2 aromatic rings. The van der Waals surface area contributed by atoms with E-state index in [2.05, 4.69) is 32.0 Å². The Labute approximate surface area is 101 Å². The molecule has 0 saturated carbocycles. The SMILES string of the molecule is Cc1ccc(C)c(/C=C/c2ccccc2F)c1. The predicted molar refractivity (Wildman–Crippen MR) is 71.2 cm³/mol. The molecule has 1 heteroatoms. The van der Waals surface area contributed by atoms with Crippen molar-refractivity contribution in [2.24, 2.45) is 0 Å². The van der Waals surface area contributed by atoms with Crippen LogP contribution in [0.4, 0.5) is 4.39 Å². The molecular formula is C16H15F. The summed E-state index contributed by atoms with van der Waals surface area (Å²) in [4.78, 5) is 0. The van der Waals surface area contributed by atoms with Gasteiger partial charge in [-0.2, -0.15) is 0 Å². The predicted octanol–water partition coefficient (Wildman–Crippen LogP) is 4.61. The van der Waals surface area contributed by atoms with Gasteiger partial charge >= 0.3 is 0 Å². The van der Waals surface area contributed by atoms with Gasteiger partial charge in [0.1, 0.15) is 5.82 Å². The third kappa shape index (κ3) is 2.82. The summed E-state index contributed by atoms with van der Waals surface area (Å²) in [5, 5.41) is 0. The monoisotopic (exact) mass is 226 g/mol. The van der Waals surface area contributed by atoms with E-state index in [4.69, 9.17) is 0 Å². The summed E-state index contributed by atoms with van der Waals surface area (Å²) >= 11 is 0. The molecule has 0 aliphatic rings. The zero-order valence-electron chi connectivity index (χ0n) is 10.1. The second kappa shape index (κ2) is 4.96. The average Bonchev–Trinajstić information content (AvgIpc) is 2.32. The Bertz CT molecular complexity index is 553. The first-order valence-corrected chi connectivity index (χ1v) is 5.67. The van der Waals surface area contributed by atoms with Crippen LogP contribution >= 0.6 is 0 Å². The van der Waals surface area contributed by atoms with Crippen molar-refractivity contribution in [3.05, 3.63) is 70.5 Å². The summed E-state index contributed by atoms with van der Waals surface area (Å²) in [6.07, 6.45) is 3.78. The highest BCUT2D eigenvalue weighted by Crippen LogP contribution is 2.15. The summed E-state index contributed by atoms with van der Waals surface area (Å²) in [5.74, 6) is -0.186. The van der Waals surface area contributed by atoms with Crippen molar-refractivity contribution in [1.29, 1.82) is 0 Å². The Morgan fingerprint density at radius 2 is 1.59 bits per heavy atom. The maximum atomic E-state index is 13.4. The fourth-order valence-electron chi connectivity index (χ4n) is 1.73. The Balaban J connectivity index is 2.32. The van der Waals surface area contributed by atoms with E-state index < -0.39 is 0 Å². The number of hydrogen-bond acceptors (Lipinski definition) is 0. The molecule has 0 aliphatic heterocycles. The van der Waals surface area contributed by atoms with Crippen molar-refractivity contribution in [3.63, 3.8) is 0 Å². The lowest BCUT2D eigenvalue weighted by Crippen LogP contribution is -1.83. The van der Waals surface area contributed by atoms with Crippen LogP contribution in [0.25, 0.3) is 12.2 Å². The summed E-state index contributed by atoms with van der Waals surface area (Å²) in [6.45, 7) is 4.11. The molecule has 0 fully saturated rings. The highest BCUT2D eigenvalue weighted by atomic mass is 19.1. The van der Waals surface area contributed by atoms with E-state index >= 15 is 0 Å². The van der Waals surface area contributed by atoms with Crippen LogP contribution in [0.2, 0.25) is 0 Å². The molecule has 2 rings (SSSR count). The van der Waals surface area contributed by atoms with Crippen molar-refractivity contribution in [2.45, 2.75) is 13.8 Å². The molecule has 0 aliphatic carbocycles. The lowest BCUT2D eigenvalue weighted by Gasteiger charge is -2.02. The van der Waals surface area contributed by atoms with Gasteiger partial charge < -0.3 is 0 Å². The van der Waals surface area contributed by atoms with E-state index in [-0.39, 0.29) is 5.82 Å². The van der Waals surface area contributed by atoms with Crippen molar-refractivity contribution in [3.8, 4) is 0 Å². The van der Waals surface area contributed by atoms with E-state index in [0.717, 1.165) is 5.56 Å². The first-order chi connectivity index (χ1) is 8.16. The van der Waals surface area contributed by atoms with Gasteiger partial charge in [-0.05, 0) is 31.0 Å². The molecule has 0 bridgehead atoms. The molecule has 0 spiro atoms. The summed E-state index contributed by atoms with van der Waals surface area (Å²) < 4.78 is 13.4. The molecule has 86 valence electrons. The van der Waals surface area contributed by atoms with Crippen molar-refractivity contribution in [2.75, 3.05) is 0 Å². The van der Waals surface area contributed by atoms with Crippen LogP contribution in [-0.4, -0.2) is 0 Å². The Kier molecular flexibility index (Phi) is 3.38. The maximum Gasteiger partial charge on any atom is 0.130 e.